The van der Waals surface area contributed by atoms with Crippen LogP contribution in [0.2, 0.25) is 0 Å². The molecule has 1 aromatic heterocycles. The van der Waals surface area contributed by atoms with E-state index in [9.17, 15) is 9.59 Å². The number of H-pyrrole nitrogens is 1. The molecule has 1 amide bonds. The highest BCUT2D eigenvalue weighted by Crippen LogP contribution is 2.27. The van der Waals surface area contributed by atoms with E-state index in [0.717, 1.165) is 24.3 Å². The molecule has 1 aromatic carbocycles. The Morgan fingerprint density at radius 3 is 2.69 bits per heavy atom. The first kappa shape index (κ1) is 21.0. The highest BCUT2D eigenvalue weighted by Gasteiger charge is 2.17. The normalized spacial score (nSPS) is 13.7. The highest BCUT2D eigenvalue weighted by molar-refractivity contribution is 5.76. The molecule has 156 valence electrons. The van der Waals surface area contributed by atoms with Crippen LogP contribution in [0.15, 0.2) is 29.1 Å². The van der Waals surface area contributed by atoms with Gasteiger partial charge < -0.3 is 19.8 Å². The number of aryl methyl sites for hydroxylation is 1. The molecular formula is C21H28N4O4. The van der Waals surface area contributed by atoms with Gasteiger partial charge in [-0.3, -0.25) is 9.59 Å². The van der Waals surface area contributed by atoms with Crippen molar-refractivity contribution in [2.75, 3.05) is 26.9 Å². The van der Waals surface area contributed by atoms with E-state index < -0.39 is 0 Å². The monoisotopic (exact) mass is 400 g/mol. The fourth-order valence-electron chi connectivity index (χ4n) is 3.00. The number of carbonyl (C=O) groups is 1. The second-order valence-electron chi connectivity index (χ2n) is 7.28. The molecule has 0 unspecified atom stereocenters. The van der Waals surface area contributed by atoms with Crippen molar-refractivity contribution in [3.63, 3.8) is 0 Å². The Balaban J connectivity index is 1.50. The van der Waals surface area contributed by atoms with E-state index in [4.69, 9.17) is 9.47 Å². The quantitative estimate of drug-likeness (QED) is 0.560. The van der Waals surface area contributed by atoms with Gasteiger partial charge in [0.05, 0.1) is 6.61 Å². The lowest BCUT2D eigenvalue weighted by molar-refractivity contribution is -0.121. The first-order valence-corrected chi connectivity index (χ1v) is 10.1. The van der Waals surface area contributed by atoms with Gasteiger partial charge in [-0.25, -0.2) is 0 Å². The summed E-state index contributed by atoms with van der Waals surface area (Å²) in [7, 11) is 1.62. The number of amides is 1. The molecule has 1 saturated carbocycles. The van der Waals surface area contributed by atoms with E-state index in [-0.39, 0.29) is 30.0 Å². The van der Waals surface area contributed by atoms with Crippen LogP contribution in [0, 0.1) is 5.92 Å². The number of benzene rings is 1. The fraction of sp³-hybridized carbons (Fsp3) is 0.524. The molecule has 0 atom stereocenters. The number of methoxy groups -OCH3 is 1. The summed E-state index contributed by atoms with van der Waals surface area (Å²) in [5, 5.41) is 10.9. The van der Waals surface area contributed by atoms with Crippen molar-refractivity contribution in [2.45, 2.75) is 38.5 Å². The number of nitrogens with zero attached hydrogens (tertiary/aromatic N) is 2. The van der Waals surface area contributed by atoms with Gasteiger partial charge in [-0.05, 0) is 49.4 Å². The summed E-state index contributed by atoms with van der Waals surface area (Å²) in [4.78, 5) is 26.8. The Morgan fingerprint density at radius 1 is 1.24 bits per heavy atom. The first-order valence-electron chi connectivity index (χ1n) is 10.1. The van der Waals surface area contributed by atoms with E-state index in [1.165, 1.54) is 19.3 Å². The van der Waals surface area contributed by atoms with Gasteiger partial charge in [0.25, 0.3) is 5.56 Å². The molecule has 0 bridgehead atoms. The average Bonchev–Trinajstić information content (AvgIpc) is 2.69. The molecule has 2 N–H and O–H groups in total. The van der Waals surface area contributed by atoms with Gasteiger partial charge in [0, 0.05) is 38.7 Å². The number of rotatable bonds is 11. The topological polar surface area (TPSA) is 106 Å². The first-order chi connectivity index (χ1) is 14.2. The summed E-state index contributed by atoms with van der Waals surface area (Å²) in [5.74, 6) is 1.76. The van der Waals surface area contributed by atoms with Crippen molar-refractivity contribution < 1.29 is 14.3 Å². The number of ether oxygens (including phenoxy) is 2. The predicted octanol–water partition coefficient (Wildman–Crippen LogP) is 2.10. The zero-order valence-corrected chi connectivity index (χ0v) is 16.8. The molecule has 1 aliphatic rings. The summed E-state index contributed by atoms with van der Waals surface area (Å²) < 4.78 is 10.7. The number of aromatic amines is 1. The van der Waals surface area contributed by atoms with Crippen molar-refractivity contribution in [1.29, 1.82) is 0 Å². The lowest BCUT2D eigenvalue weighted by atomic mass is 9.86. The smallest absolute Gasteiger partial charge is 0.273 e. The number of hydrogen-bond acceptors (Lipinski definition) is 6. The summed E-state index contributed by atoms with van der Waals surface area (Å²) in [5.41, 5.74) is 0.682. The summed E-state index contributed by atoms with van der Waals surface area (Å²) in [6.45, 7) is 1.90. The molecule has 0 radical (unpaired) electrons. The maximum atomic E-state index is 12.3. The van der Waals surface area contributed by atoms with Crippen LogP contribution in [-0.2, 0) is 16.0 Å². The molecule has 2 aromatic rings. The third-order valence-corrected chi connectivity index (χ3v) is 5.04. The Hall–Kier alpha value is -2.74. The fourth-order valence-corrected chi connectivity index (χ4v) is 3.00. The number of carbonyl (C=O) groups excluding carboxylic acids is 1. The summed E-state index contributed by atoms with van der Waals surface area (Å²) in [6, 6.07) is 7.44. The molecule has 8 heteroatoms. The molecule has 8 nitrogen and oxygen atoms in total. The molecule has 0 saturated heterocycles. The van der Waals surface area contributed by atoms with Crippen LogP contribution in [0.25, 0.3) is 11.4 Å². The maximum Gasteiger partial charge on any atom is 0.273 e. The second-order valence-corrected chi connectivity index (χ2v) is 7.28. The van der Waals surface area contributed by atoms with Crippen LogP contribution in [0.1, 0.15) is 37.8 Å². The second kappa shape index (κ2) is 10.7. The Kier molecular flexibility index (Phi) is 7.75. The SMILES string of the molecule is COCCCNC(=O)CCc1nnc(-c2ccc(OCC3CCC3)cc2)[nH]c1=O. The third-order valence-electron chi connectivity index (χ3n) is 5.04. The van der Waals surface area contributed by atoms with Crippen molar-refractivity contribution in [2.24, 2.45) is 5.92 Å². The maximum absolute atomic E-state index is 12.3. The largest absolute Gasteiger partial charge is 0.493 e. The van der Waals surface area contributed by atoms with Crippen LogP contribution in [0.3, 0.4) is 0 Å². The number of hydrogen-bond donors (Lipinski definition) is 2. The molecule has 29 heavy (non-hydrogen) atoms. The van der Waals surface area contributed by atoms with E-state index >= 15 is 0 Å². The Morgan fingerprint density at radius 2 is 2.03 bits per heavy atom. The molecule has 1 heterocycles. The van der Waals surface area contributed by atoms with Crippen molar-refractivity contribution in [3.8, 4) is 17.1 Å². The summed E-state index contributed by atoms with van der Waals surface area (Å²) >= 11 is 0. The standard InChI is InChI=1S/C21H28N4O4/c1-28-13-3-12-22-19(26)11-10-18-21(27)23-20(25-24-18)16-6-8-17(9-7-16)29-14-15-4-2-5-15/h6-9,15H,2-5,10-14H2,1H3,(H,22,26)(H,23,25,27). The number of aromatic nitrogens is 3. The van der Waals surface area contributed by atoms with E-state index in [1.807, 2.05) is 24.3 Å². The van der Waals surface area contributed by atoms with Crippen LogP contribution < -0.4 is 15.6 Å². The zero-order valence-electron chi connectivity index (χ0n) is 16.8. The van der Waals surface area contributed by atoms with Crippen LogP contribution in [0.4, 0.5) is 0 Å². The molecule has 0 spiro atoms. The van der Waals surface area contributed by atoms with Gasteiger partial charge in [0.2, 0.25) is 5.91 Å². The summed E-state index contributed by atoms with van der Waals surface area (Å²) in [6.07, 6.45) is 4.98. The molecule has 0 aliphatic heterocycles. The van der Waals surface area contributed by atoms with Gasteiger partial charge in [-0.15, -0.1) is 10.2 Å². The predicted molar refractivity (Wildman–Crippen MR) is 109 cm³/mol. The highest BCUT2D eigenvalue weighted by atomic mass is 16.5. The average molecular weight is 400 g/mol. The van der Waals surface area contributed by atoms with Crippen LogP contribution in [0.5, 0.6) is 5.75 Å². The number of nitrogens with one attached hydrogen (secondary N) is 2. The van der Waals surface area contributed by atoms with Gasteiger partial charge in [-0.2, -0.15) is 0 Å². The zero-order chi connectivity index (χ0) is 20.5. The van der Waals surface area contributed by atoms with Gasteiger partial charge >= 0.3 is 0 Å². The van der Waals surface area contributed by atoms with E-state index in [0.29, 0.717) is 24.9 Å². The van der Waals surface area contributed by atoms with Crippen molar-refractivity contribution >= 4 is 5.91 Å². The van der Waals surface area contributed by atoms with E-state index in [1.54, 1.807) is 7.11 Å². The Bertz CT molecular complexity index is 847. The molecule has 1 fully saturated rings. The van der Waals surface area contributed by atoms with Gasteiger partial charge in [-0.1, -0.05) is 6.42 Å². The van der Waals surface area contributed by atoms with Crippen LogP contribution in [-0.4, -0.2) is 48.0 Å². The third kappa shape index (κ3) is 6.39. The minimum atomic E-state index is -0.326. The minimum absolute atomic E-state index is 0.121. The lowest BCUT2D eigenvalue weighted by Gasteiger charge is -2.25. The van der Waals surface area contributed by atoms with Crippen LogP contribution >= 0.6 is 0 Å². The minimum Gasteiger partial charge on any atom is -0.493 e. The van der Waals surface area contributed by atoms with Crippen molar-refractivity contribution in [1.82, 2.24) is 20.5 Å². The molecule has 1 aliphatic carbocycles. The Labute approximate surface area is 170 Å². The van der Waals surface area contributed by atoms with Gasteiger partial charge in [0.15, 0.2) is 5.82 Å². The van der Waals surface area contributed by atoms with E-state index in [2.05, 4.69) is 20.5 Å². The molecular weight excluding hydrogens is 372 g/mol. The lowest BCUT2D eigenvalue weighted by Crippen LogP contribution is -2.27. The van der Waals surface area contributed by atoms with Crippen molar-refractivity contribution in [3.05, 3.63) is 40.3 Å². The molecule has 3 rings (SSSR count). The van der Waals surface area contributed by atoms with Gasteiger partial charge in [0.1, 0.15) is 11.4 Å².